The molecule has 2 heterocycles. The number of halogens is 1. The van der Waals surface area contributed by atoms with E-state index in [2.05, 4.69) is 41.2 Å². The van der Waals surface area contributed by atoms with E-state index in [0.29, 0.717) is 6.61 Å². The van der Waals surface area contributed by atoms with Gasteiger partial charge in [0, 0.05) is 28.2 Å². The molecule has 5 heteroatoms. The highest BCUT2D eigenvalue weighted by Crippen LogP contribution is 2.38. The van der Waals surface area contributed by atoms with E-state index in [9.17, 15) is 0 Å². The van der Waals surface area contributed by atoms with E-state index >= 15 is 0 Å². The number of ether oxygens (including phenoxy) is 1. The van der Waals surface area contributed by atoms with Crippen LogP contribution in [0, 0.1) is 0 Å². The van der Waals surface area contributed by atoms with Crippen molar-refractivity contribution in [3.8, 4) is 5.75 Å². The fourth-order valence-electron chi connectivity index (χ4n) is 3.71. The van der Waals surface area contributed by atoms with Crippen LogP contribution < -0.4 is 4.74 Å². The average molecular weight is 357 g/mol. The van der Waals surface area contributed by atoms with Crippen molar-refractivity contribution in [2.75, 3.05) is 26.8 Å². The van der Waals surface area contributed by atoms with Crippen molar-refractivity contribution >= 4 is 22.5 Å². The van der Waals surface area contributed by atoms with Crippen molar-refractivity contribution in [1.82, 2.24) is 9.88 Å². The second kappa shape index (κ2) is 6.71. The van der Waals surface area contributed by atoms with Crippen LogP contribution >= 0.6 is 11.6 Å². The fraction of sp³-hybridized carbons (Fsp3) is 0.300. The molecular weight excluding hydrogens is 336 g/mol. The Labute approximate surface area is 152 Å². The molecule has 0 fully saturated rings. The molecule has 1 aliphatic rings. The largest absolute Gasteiger partial charge is 0.491 e. The molecule has 4 rings (SSSR count). The molecule has 0 saturated heterocycles. The van der Waals surface area contributed by atoms with Crippen LogP contribution in [0.2, 0.25) is 5.02 Å². The third-order valence-corrected chi connectivity index (χ3v) is 5.12. The molecule has 130 valence electrons. The Morgan fingerprint density at radius 3 is 2.80 bits per heavy atom. The first kappa shape index (κ1) is 16.5. The van der Waals surface area contributed by atoms with Crippen molar-refractivity contribution in [3.05, 3.63) is 64.3 Å². The highest BCUT2D eigenvalue weighted by molar-refractivity contribution is 6.31. The first-order valence-corrected chi connectivity index (χ1v) is 8.89. The zero-order valence-corrected chi connectivity index (χ0v) is 14.9. The Kier molecular flexibility index (Phi) is 4.42. The Balaban J connectivity index is 1.74. The fourth-order valence-corrected chi connectivity index (χ4v) is 3.88. The third kappa shape index (κ3) is 3.01. The average Bonchev–Trinajstić information content (AvgIpc) is 2.98. The lowest BCUT2D eigenvalue weighted by Gasteiger charge is -2.33. The molecule has 0 aliphatic carbocycles. The number of fused-ring (bicyclic) bond motifs is 3. The summed E-state index contributed by atoms with van der Waals surface area (Å²) in [5, 5.41) is 10.9. The summed E-state index contributed by atoms with van der Waals surface area (Å²) in [6.45, 7) is 1.34. The lowest BCUT2D eigenvalue weighted by Crippen LogP contribution is -2.32. The van der Waals surface area contributed by atoms with Gasteiger partial charge < -0.3 is 14.8 Å². The Morgan fingerprint density at radius 1 is 1.24 bits per heavy atom. The van der Waals surface area contributed by atoms with Crippen LogP contribution in [0.1, 0.15) is 22.9 Å². The van der Waals surface area contributed by atoms with Gasteiger partial charge >= 0.3 is 0 Å². The van der Waals surface area contributed by atoms with Gasteiger partial charge in [-0.1, -0.05) is 23.7 Å². The number of nitrogens with zero attached hydrogens (tertiary/aromatic N) is 1. The number of likely N-dealkylation sites (N-methyl/N-ethyl adjacent to an activating group) is 1. The minimum absolute atomic E-state index is 0.0219. The van der Waals surface area contributed by atoms with E-state index in [1.807, 2.05) is 18.2 Å². The van der Waals surface area contributed by atoms with Gasteiger partial charge in [0.25, 0.3) is 0 Å². The highest BCUT2D eigenvalue weighted by Gasteiger charge is 2.29. The number of aliphatic hydroxyl groups is 1. The molecule has 2 aromatic carbocycles. The number of H-pyrrole nitrogens is 1. The molecular formula is C20H21ClN2O2. The van der Waals surface area contributed by atoms with Crippen LogP contribution in [0.15, 0.2) is 42.5 Å². The number of aliphatic hydroxyl groups excluding tert-OH is 1. The summed E-state index contributed by atoms with van der Waals surface area (Å²) in [5.74, 6) is 0.778. The normalized spacial score (nSPS) is 17.6. The van der Waals surface area contributed by atoms with Crippen LogP contribution in [0.25, 0.3) is 10.9 Å². The summed E-state index contributed by atoms with van der Waals surface area (Å²) in [4.78, 5) is 5.97. The minimum Gasteiger partial charge on any atom is -0.491 e. The molecule has 0 radical (unpaired) electrons. The predicted molar refractivity (Wildman–Crippen MR) is 101 cm³/mol. The van der Waals surface area contributed by atoms with Crippen LogP contribution in [0.3, 0.4) is 0 Å². The third-order valence-electron chi connectivity index (χ3n) is 4.89. The van der Waals surface area contributed by atoms with E-state index in [-0.39, 0.29) is 12.6 Å². The number of nitrogens with one attached hydrogen (secondary N) is 1. The molecule has 3 aromatic rings. The van der Waals surface area contributed by atoms with E-state index in [1.165, 1.54) is 22.2 Å². The van der Waals surface area contributed by atoms with Crippen LogP contribution in [0.5, 0.6) is 5.75 Å². The van der Waals surface area contributed by atoms with Crippen LogP contribution in [-0.4, -0.2) is 41.8 Å². The number of benzene rings is 2. The summed E-state index contributed by atoms with van der Waals surface area (Å²) < 4.78 is 5.47. The lowest BCUT2D eigenvalue weighted by molar-refractivity contribution is 0.201. The van der Waals surface area contributed by atoms with E-state index < -0.39 is 0 Å². The second-order valence-corrected chi connectivity index (χ2v) is 6.92. The zero-order chi connectivity index (χ0) is 17.4. The minimum atomic E-state index is 0.0219. The molecule has 1 unspecified atom stereocenters. The summed E-state index contributed by atoms with van der Waals surface area (Å²) in [6, 6.07) is 14.3. The monoisotopic (exact) mass is 356 g/mol. The van der Waals surface area contributed by atoms with E-state index in [0.717, 1.165) is 29.3 Å². The number of aromatic amines is 1. The molecule has 1 aliphatic heterocycles. The summed E-state index contributed by atoms with van der Waals surface area (Å²) in [7, 11) is 2.16. The Bertz CT molecular complexity index is 889. The van der Waals surface area contributed by atoms with Gasteiger partial charge in [-0.15, -0.1) is 0 Å². The molecule has 1 aromatic heterocycles. The first-order chi connectivity index (χ1) is 12.2. The maximum absolute atomic E-state index is 8.87. The second-order valence-electron chi connectivity index (χ2n) is 6.48. The van der Waals surface area contributed by atoms with Gasteiger partial charge in [0.1, 0.15) is 12.4 Å². The lowest BCUT2D eigenvalue weighted by atomic mass is 9.93. The maximum atomic E-state index is 8.87. The van der Waals surface area contributed by atoms with Crippen LogP contribution in [0.4, 0.5) is 0 Å². The van der Waals surface area contributed by atoms with Gasteiger partial charge in [0.15, 0.2) is 0 Å². The quantitative estimate of drug-likeness (QED) is 0.748. The van der Waals surface area contributed by atoms with Gasteiger partial charge in [-0.3, -0.25) is 4.90 Å². The molecule has 0 amide bonds. The van der Waals surface area contributed by atoms with Gasteiger partial charge in [0.2, 0.25) is 0 Å². The summed E-state index contributed by atoms with van der Waals surface area (Å²) in [6.07, 6.45) is 1.01. The Morgan fingerprint density at radius 2 is 2.04 bits per heavy atom. The predicted octanol–water partition coefficient (Wildman–Crippen LogP) is 3.77. The zero-order valence-electron chi connectivity index (χ0n) is 14.1. The SMILES string of the molecule is CN1CCc2c([nH]c3ccc(Cl)cc23)C1c1ccc(OCCO)cc1. The highest BCUT2D eigenvalue weighted by atomic mass is 35.5. The number of hydrogen-bond acceptors (Lipinski definition) is 3. The van der Waals surface area contributed by atoms with Crippen LogP contribution in [-0.2, 0) is 6.42 Å². The standard InChI is InChI=1S/C20H21ClN2O2/c1-23-9-8-16-17-12-14(21)4-7-18(17)22-19(16)20(23)13-2-5-15(6-3-13)25-11-10-24/h2-7,12,20,22,24H,8-11H2,1H3. The molecule has 2 N–H and O–H groups in total. The van der Waals surface area contributed by atoms with E-state index in [4.69, 9.17) is 21.4 Å². The van der Waals surface area contributed by atoms with Gasteiger partial charge in [-0.25, -0.2) is 0 Å². The van der Waals surface area contributed by atoms with Gasteiger partial charge in [0.05, 0.1) is 12.6 Å². The summed E-state index contributed by atoms with van der Waals surface area (Å²) >= 11 is 6.20. The van der Waals surface area contributed by atoms with Gasteiger partial charge in [-0.05, 0) is 54.9 Å². The molecule has 25 heavy (non-hydrogen) atoms. The first-order valence-electron chi connectivity index (χ1n) is 8.51. The summed E-state index contributed by atoms with van der Waals surface area (Å²) in [5.41, 5.74) is 4.96. The molecule has 4 nitrogen and oxygen atoms in total. The number of aromatic nitrogens is 1. The van der Waals surface area contributed by atoms with Crippen molar-refractivity contribution in [2.24, 2.45) is 0 Å². The van der Waals surface area contributed by atoms with Gasteiger partial charge in [-0.2, -0.15) is 0 Å². The van der Waals surface area contributed by atoms with Crippen molar-refractivity contribution < 1.29 is 9.84 Å². The van der Waals surface area contributed by atoms with Crippen molar-refractivity contribution in [1.29, 1.82) is 0 Å². The number of hydrogen-bond donors (Lipinski definition) is 2. The smallest absolute Gasteiger partial charge is 0.119 e. The van der Waals surface area contributed by atoms with Crippen molar-refractivity contribution in [2.45, 2.75) is 12.5 Å². The molecule has 0 spiro atoms. The molecule has 0 bridgehead atoms. The molecule has 0 saturated carbocycles. The topological polar surface area (TPSA) is 48.5 Å². The molecule has 1 atom stereocenters. The Hall–Kier alpha value is -2.01. The van der Waals surface area contributed by atoms with Crippen molar-refractivity contribution in [3.63, 3.8) is 0 Å². The van der Waals surface area contributed by atoms with E-state index in [1.54, 1.807) is 0 Å². The number of rotatable bonds is 4. The maximum Gasteiger partial charge on any atom is 0.119 e.